The zero-order valence-electron chi connectivity index (χ0n) is 10.8. The van der Waals surface area contributed by atoms with Gasteiger partial charge in [0.15, 0.2) is 0 Å². The molecule has 2 heteroatoms. The normalized spacial score (nSPS) is 12.4. The molecule has 0 saturated heterocycles. The zero-order chi connectivity index (χ0) is 13.1. The van der Waals surface area contributed by atoms with E-state index in [-0.39, 0.29) is 6.04 Å². The SMILES string of the molecule is CCC(N)c1ccc(-c2cc(Cl)ccc2C)cc1. The summed E-state index contributed by atoms with van der Waals surface area (Å²) in [5, 5.41) is 0.768. The van der Waals surface area contributed by atoms with Crippen LogP contribution in [-0.4, -0.2) is 0 Å². The highest BCUT2D eigenvalue weighted by Gasteiger charge is 2.05. The standard InChI is InChI=1S/C16H18ClN/c1-3-16(18)13-7-5-12(6-8-13)15-10-14(17)9-4-11(15)2/h4-10,16H,3,18H2,1-2H3. The molecular weight excluding hydrogens is 242 g/mol. The van der Waals surface area contributed by atoms with Crippen LogP contribution in [0.4, 0.5) is 0 Å². The molecule has 0 spiro atoms. The molecule has 2 aromatic carbocycles. The molecule has 1 atom stereocenters. The molecule has 0 aromatic heterocycles. The van der Waals surface area contributed by atoms with Crippen LogP contribution in [-0.2, 0) is 0 Å². The highest BCUT2D eigenvalue weighted by molar-refractivity contribution is 6.30. The van der Waals surface area contributed by atoms with Gasteiger partial charge in [-0.05, 0) is 47.7 Å². The van der Waals surface area contributed by atoms with Gasteiger partial charge in [0.2, 0.25) is 0 Å². The van der Waals surface area contributed by atoms with Gasteiger partial charge in [-0.2, -0.15) is 0 Å². The Morgan fingerprint density at radius 2 is 1.78 bits per heavy atom. The first-order valence-electron chi connectivity index (χ1n) is 6.24. The fraction of sp³-hybridized carbons (Fsp3) is 0.250. The third-order valence-electron chi connectivity index (χ3n) is 3.29. The van der Waals surface area contributed by atoms with E-state index in [1.165, 1.54) is 22.3 Å². The van der Waals surface area contributed by atoms with E-state index in [2.05, 4.69) is 38.1 Å². The lowest BCUT2D eigenvalue weighted by molar-refractivity contribution is 0.699. The Labute approximate surface area is 114 Å². The van der Waals surface area contributed by atoms with Crippen LogP contribution in [0.2, 0.25) is 5.02 Å². The van der Waals surface area contributed by atoms with Gasteiger partial charge in [-0.3, -0.25) is 0 Å². The zero-order valence-corrected chi connectivity index (χ0v) is 11.5. The average molecular weight is 260 g/mol. The Kier molecular flexibility index (Phi) is 4.05. The van der Waals surface area contributed by atoms with Crippen LogP contribution in [0.25, 0.3) is 11.1 Å². The molecule has 0 amide bonds. The van der Waals surface area contributed by atoms with E-state index in [1.54, 1.807) is 0 Å². The predicted molar refractivity (Wildman–Crippen MR) is 78.8 cm³/mol. The Morgan fingerprint density at radius 1 is 1.11 bits per heavy atom. The highest BCUT2D eigenvalue weighted by atomic mass is 35.5. The summed E-state index contributed by atoms with van der Waals surface area (Å²) in [4.78, 5) is 0. The topological polar surface area (TPSA) is 26.0 Å². The quantitative estimate of drug-likeness (QED) is 0.848. The van der Waals surface area contributed by atoms with Crippen LogP contribution < -0.4 is 5.73 Å². The van der Waals surface area contributed by atoms with E-state index in [4.69, 9.17) is 17.3 Å². The van der Waals surface area contributed by atoms with Crippen LogP contribution in [0, 0.1) is 6.92 Å². The van der Waals surface area contributed by atoms with Crippen LogP contribution in [0.1, 0.15) is 30.5 Å². The van der Waals surface area contributed by atoms with Crippen molar-refractivity contribution in [2.75, 3.05) is 0 Å². The minimum Gasteiger partial charge on any atom is -0.324 e. The van der Waals surface area contributed by atoms with Crippen LogP contribution in [0.5, 0.6) is 0 Å². The molecule has 94 valence electrons. The van der Waals surface area contributed by atoms with Crippen molar-refractivity contribution in [2.24, 2.45) is 5.73 Å². The van der Waals surface area contributed by atoms with E-state index in [9.17, 15) is 0 Å². The summed E-state index contributed by atoms with van der Waals surface area (Å²) in [5.41, 5.74) is 10.8. The maximum absolute atomic E-state index is 6.05. The first-order valence-corrected chi connectivity index (χ1v) is 6.61. The molecule has 18 heavy (non-hydrogen) atoms. The average Bonchev–Trinajstić information content (AvgIpc) is 2.41. The van der Waals surface area contributed by atoms with Gasteiger partial charge < -0.3 is 5.73 Å². The monoisotopic (exact) mass is 259 g/mol. The lowest BCUT2D eigenvalue weighted by atomic mass is 9.97. The smallest absolute Gasteiger partial charge is 0.0412 e. The second-order valence-electron chi connectivity index (χ2n) is 4.60. The molecule has 0 fully saturated rings. The van der Waals surface area contributed by atoms with E-state index in [0.29, 0.717) is 0 Å². The summed E-state index contributed by atoms with van der Waals surface area (Å²) < 4.78 is 0. The number of nitrogens with two attached hydrogens (primary N) is 1. The van der Waals surface area contributed by atoms with Gasteiger partial charge in [-0.15, -0.1) is 0 Å². The molecular formula is C16H18ClN. The fourth-order valence-electron chi connectivity index (χ4n) is 2.05. The Bertz CT molecular complexity index is 531. The van der Waals surface area contributed by atoms with Crippen LogP contribution >= 0.6 is 11.6 Å². The summed E-state index contributed by atoms with van der Waals surface area (Å²) >= 11 is 6.05. The van der Waals surface area contributed by atoms with Crippen molar-refractivity contribution in [2.45, 2.75) is 26.3 Å². The molecule has 0 saturated carbocycles. The highest BCUT2D eigenvalue weighted by Crippen LogP contribution is 2.27. The minimum atomic E-state index is 0.125. The molecule has 0 bridgehead atoms. The second-order valence-corrected chi connectivity index (χ2v) is 5.03. The molecule has 2 aromatic rings. The van der Waals surface area contributed by atoms with Gasteiger partial charge in [0.1, 0.15) is 0 Å². The maximum atomic E-state index is 6.05. The van der Waals surface area contributed by atoms with E-state index in [0.717, 1.165) is 11.4 Å². The molecule has 0 radical (unpaired) electrons. The largest absolute Gasteiger partial charge is 0.324 e. The third-order valence-corrected chi connectivity index (χ3v) is 3.52. The van der Waals surface area contributed by atoms with Crippen LogP contribution in [0.15, 0.2) is 42.5 Å². The lowest BCUT2D eigenvalue weighted by Gasteiger charge is -2.11. The van der Waals surface area contributed by atoms with E-state index >= 15 is 0 Å². The van der Waals surface area contributed by atoms with Crippen LogP contribution in [0.3, 0.4) is 0 Å². The van der Waals surface area contributed by atoms with Crippen molar-refractivity contribution >= 4 is 11.6 Å². The van der Waals surface area contributed by atoms with Crippen molar-refractivity contribution in [3.8, 4) is 11.1 Å². The van der Waals surface area contributed by atoms with Crippen molar-refractivity contribution < 1.29 is 0 Å². The molecule has 0 aliphatic carbocycles. The van der Waals surface area contributed by atoms with Gasteiger partial charge in [0, 0.05) is 11.1 Å². The third kappa shape index (κ3) is 2.74. The van der Waals surface area contributed by atoms with Crippen molar-refractivity contribution in [1.29, 1.82) is 0 Å². The number of hydrogen-bond acceptors (Lipinski definition) is 1. The maximum Gasteiger partial charge on any atom is 0.0412 e. The molecule has 1 unspecified atom stereocenters. The predicted octanol–water partition coefficient (Wildman–Crippen LogP) is 4.73. The molecule has 2 rings (SSSR count). The number of hydrogen-bond donors (Lipinski definition) is 1. The first kappa shape index (κ1) is 13.1. The summed E-state index contributed by atoms with van der Waals surface area (Å²) in [6.07, 6.45) is 0.954. The number of aryl methyl sites for hydroxylation is 1. The summed E-state index contributed by atoms with van der Waals surface area (Å²) in [5.74, 6) is 0. The molecule has 0 aliphatic rings. The van der Waals surface area contributed by atoms with Gasteiger partial charge in [-0.1, -0.05) is 48.9 Å². The van der Waals surface area contributed by atoms with E-state index in [1.807, 2.05) is 18.2 Å². The minimum absolute atomic E-state index is 0.125. The lowest BCUT2D eigenvalue weighted by Crippen LogP contribution is -2.08. The summed E-state index contributed by atoms with van der Waals surface area (Å²) in [6.45, 7) is 4.19. The van der Waals surface area contributed by atoms with Gasteiger partial charge in [-0.25, -0.2) is 0 Å². The summed E-state index contributed by atoms with van der Waals surface area (Å²) in [6, 6.07) is 14.5. The first-order chi connectivity index (χ1) is 8.61. The molecule has 1 nitrogen and oxygen atoms in total. The molecule has 0 heterocycles. The van der Waals surface area contributed by atoms with E-state index < -0.39 is 0 Å². The van der Waals surface area contributed by atoms with Crippen molar-refractivity contribution in [3.63, 3.8) is 0 Å². The second kappa shape index (κ2) is 5.55. The van der Waals surface area contributed by atoms with Gasteiger partial charge >= 0.3 is 0 Å². The van der Waals surface area contributed by atoms with Crippen molar-refractivity contribution in [1.82, 2.24) is 0 Å². The van der Waals surface area contributed by atoms with Gasteiger partial charge in [0.25, 0.3) is 0 Å². The number of halogens is 1. The summed E-state index contributed by atoms with van der Waals surface area (Å²) in [7, 11) is 0. The molecule has 2 N–H and O–H groups in total. The van der Waals surface area contributed by atoms with Gasteiger partial charge in [0.05, 0.1) is 0 Å². The Hall–Kier alpha value is -1.31. The van der Waals surface area contributed by atoms with Crippen molar-refractivity contribution in [3.05, 3.63) is 58.6 Å². The Balaban J connectivity index is 2.37. The number of rotatable bonds is 3. The molecule has 0 aliphatic heterocycles. The Morgan fingerprint density at radius 3 is 2.39 bits per heavy atom. The number of benzene rings is 2. The fourth-order valence-corrected chi connectivity index (χ4v) is 2.22.